The number of rotatable bonds is 3. The van der Waals surface area contributed by atoms with Crippen molar-refractivity contribution < 1.29 is 17.6 Å². The van der Waals surface area contributed by atoms with Gasteiger partial charge in [0.15, 0.2) is 15.0 Å². The second-order valence-corrected chi connectivity index (χ2v) is 7.93. The molecule has 0 atom stereocenters. The first kappa shape index (κ1) is 15.6. The summed E-state index contributed by atoms with van der Waals surface area (Å²) in [5.41, 5.74) is 0.902. The van der Waals surface area contributed by atoms with Gasteiger partial charge in [0.1, 0.15) is 5.82 Å². The van der Waals surface area contributed by atoms with Crippen molar-refractivity contribution >= 4 is 42.4 Å². The second-order valence-electron chi connectivity index (χ2n) is 4.88. The maximum absolute atomic E-state index is 12.9. The third-order valence-corrected chi connectivity index (χ3v) is 5.16. The van der Waals surface area contributed by atoms with Crippen LogP contribution < -0.4 is 5.32 Å². The predicted molar refractivity (Wildman–Crippen MR) is 87.1 cm³/mol. The molecule has 5 nitrogen and oxygen atoms in total. The van der Waals surface area contributed by atoms with Crippen LogP contribution in [0.15, 0.2) is 47.4 Å². The average Bonchev–Trinajstić information content (AvgIpc) is 2.88. The average molecular weight is 350 g/mol. The van der Waals surface area contributed by atoms with Gasteiger partial charge in [0.25, 0.3) is 5.91 Å². The van der Waals surface area contributed by atoms with Crippen LogP contribution in [0.2, 0.25) is 0 Å². The first-order valence-electron chi connectivity index (χ1n) is 6.50. The molecule has 0 saturated heterocycles. The van der Waals surface area contributed by atoms with E-state index in [0.29, 0.717) is 20.9 Å². The van der Waals surface area contributed by atoms with E-state index >= 15 is 0 Å². The normalized spacial score (nSPS) is 11.6. The lowest BCUT2D eigenvalue weighted by Crippen LogP contribution is -2.11. The number of carbonyl (C=O) groups excluding carboxylic acids is 1. The van der Waals surface area contributed by atoms with Crippen LogP contribution in [0.5, 0.6) is 0 Å². The fourth-order valence-corrected chi connectivity index (χ4v) is 3.58. The molecule has 1 heterocycles. The van der Waals surface area contributed by atoms with Gasteiger partial charge in [-0.3, -0.25) is 10.1 Å². The van der Waals surface area contributed by atoms with Crippen molar-refractivity contribution in [1.29, 1.82) is 0 Å². The Balaban J connectivity index is 1.89. The minimum Gasteiger partial charge on any atom is -0.298 e. The Bertz CT molecular complexity index is 995. The van der Waals surface area contributed by atoms with Gasteiger partial charge in [0, 0.05) is 11.8 Å². The third-order valence-electron chi connectivity index (χ3n) is 3.11. The zero-order valence-electron chi connectivity index (χ0n) is 11.9. The van der Waals surface area contributed by atoms with Gasteiger partial charge in [-0.2, -0.15) is 0 Å². The highest BCUT2D eigenvalue weighted by molar-refractivity contribution is 7.90. The number of hydrogen-bond donors (Lipinski definition) is 1. The number of benzene rings is 2. The molecule has 0 fully saturated rings. The van der Waals surface area contributed by atoms with Crippen molar-refractivity contribution in [2.75, 3.05) is 11.6 Å². The highest BCUT2D eigenvalue weighted by Crippen LogP contribution is 2.28. The molecule has 0 bridgehead atoms. The summed E-state index contributed by atoms with van der Waals surface area (Å²) in [6.07, 6.45) is 1.13. The molecule has 1 N–H and O–H groups in total. The standard InChI is InChI=1S/C15H11FN2O3S2/c1-23(20,21)11-6-7-12-13(8-11)22-15(17-12)18-14(19)9-2-4-10(16)5-3-9/h2-8H,1H3,(H,17,18,19). The largest absolute Gasteiger partial charge is 0.298 e. The van der Waals surface area contributed by atoms with E-state index in [1.54, 1.807) is 6.07 Å². The Morgan fingerprint density at radius 3 is 2.52 bits per heavy atom. The molecule has 1 aromatic heterocycles. The molecule has 8 heteroatoms. The number of anilines is 1. The summed E-state index contributed by atoms with van der Waals surface area (Å²) in [6.45, 7) is 0. The molecule has 0 aliphatic carbocycles. The zero-order valence-corrected chi connectivity index (χ0v) is 13.5. The molecule has 0 aliphatic rings. The van der Waals surface area contributed by atoms with E-state index in [9.17, 15) is 17.6 Å². The molecule has 0 radical (unpaired) electrons. The molecule has 0 saturated carbocycles. The lowest BCUT2D eigenvalue weighted by molar-refractivity contribution is 0.102. The molecule has 0 spiro atoms. The minimum absolute atomic E-state index is 0.199. The van der Waals surface area contributed by atoms with Crippen LogP contribution in [0, 0.1) is 5.82 Å². The van der Waals surface area contributed by atoms with Gasteiger partial charge in [0.2, 0.25) is 0 Å². The van der Waals surface area contributed by atoms with Crippen molar-refractivity contribution in [2.24, 2.45) is 0 Å². The van der Waals surface area contributed by atoms with E-state index < -0.39 is 21.6 Å². The number of halogens is 1. The van der Waals surface area contributed by atoms with Crippen LogP contribution in [-0.4, -0.2) is 25.6 Å². The van der Waals surface area contributed by atoms with Gasteiger partial charge >= 0.3 is 0 Å². The Kier molecular flexibility index (Phi) is 3.87. The van der Waals surface area contributed by atoms with Crippen LogP contribution in [0.3, 0.4) is 0 Å². The monoisotopic (exact) mass is 350 g/mol. The van der Waals surface area contributed by atoms with E-state index in [1.165, 1.54) is 47.7 Å². The Morgan fingerprint density at radius 2 is 1.87 bits per heavy atom. The topological polar surface area (TPSA) is 76.1 Å². The van der Waals surface area contributed by atoms with Crippen molar-refractivity contribution in [3.8, 4) is 0 Å². The first-order chi connectivity index (χ1) is 10.8. The SMILES string of the molecule is CS(=O)(=O)c1ccc2nc(NC(=O)c3ccc(F)cc3)sc2c1. The molecule has 0 unspecified atom stereocenters. The molecule has 2 aromatic carbocycles. The molecule has 3 rings (SSSR count). The second kappa shape index (κ2) is 5.71. The summed E-state index contributed by atoms with van der Waals surface area (Å²) in [4.78, 5) is 16.5. The van der Waals surface area contributed by atoms with Gasteiger partial charge < -0.3 is 0 Å². The molecule has 3 aromatic rings. The van der Waals surface area contributed by atoms with E-state index in [2.05, 4.69) is 10.3 Å². The number of nitrogens with one attached hydrogen (secondary N) is 1. The summed E-state index contributed by atoms with van der Waals surface area (Å²) < 4.78 is 36.6. The van der Waals surface area contributed by atoms with E-state index in [1.807, 2.05) is 0 Å². The molecule has 1 amide bonds. The third kappa shape index (κ3) is 3.38. The van der Waals surface area contributed by atoms with Gasteiger partial charge in [-0.15, -0.1) is 0 Å². The van der Waals surface area contributed by atoms with Crippen molar-refractivity contribution in [3.63, 3.8) is 0 Å². The first-order valence-corrected chi connectivity index (χ1v) is 9.21. The number of hydrogen-bond acceptors (Lipinski definition) is 5. The number of carbonyl (C=O) groups is 1. The summed E-state index contributed by atoms with van der Waals surface area (Å²) in [7, 11) is -3.30. The predicted octanol–water partition coefficient (Wildman–Crippen LogP) is 3.09. The summed E-state index contributed by atoms with van der Waals surface area (Å²) >= 11 is 1.17. The smallest absolute Gasteiger partial charge is 0.257 e. The van der Waals surface area contributed by atoms with Crippen molar-refractivity contribution in [2.45, 2.75) is 4.90 Å². The highest BCUT2D eigenvalue weighted by atomic mass is 32.2. The van der Waals surface area contributed by atoms with E-state index in [-0.39, 0.29) is 4.90 Å². The number of thiazole rings is 1. The highest BCUT2D eigenvalue weighted by Gasteiger charge is 2.13. The minimum atomic E-state index is -3.30. The Labute approximate surface area is 135 Å². The summed E-state index contributed by atoms with van der Waals surface area (Å²) in [6, 6.07) is 9.74. The van der Waals surface area contributed by atoms with Crippen LogP contribution in [0.25, 0.3) is 10.2 Å². The number of aromatic nitrogens is 1. The number of fused-ring (bicyclic) bond motifs is 1. The number of sulfone groups is 1. The van der Waals surface area contributed by atoms with Gasteiger partial charge in [-0.25, -0.2) is 17.8 Å². The van der Waals surface area contributed by atoms with Gasteiger partial charge in [-0.1, -0.05) is 11.3 Å². The van der Waals surface area contributed by atoms with Crippen molar-refractivity contribution in [3.05, 3.63) is 53.8 Å². The van der Waals surface area contributed by atoms with Crippen molar-refractivity contribution in [1.82, 2.24) is 4.98 Å². The fraction of sp³-hybridized carbons (Fsp3) is 0.0667. The Morgan fingerprint density at radius 1 is 1.17 bits per heavy atom. The van der Waals surface area contributed by atoms with Crippen LogP contribution in [0.4, 0.5) is 9.52 Å². The molecular formula is C15H11FN2O3S2. The zero-order chi connectivity index (χ0) is 16.6. The maximum Gasteiger partial charge on any atom is 0.257 e. The Hall–Kier alpha value is -2.32. The summed E-state index contributed by atoms with van der Waals surface area (Å²) in [5.74, 6) is -0.831. The molecular weight excluding hydrogens is 339 g/mol. The maximum atomic E-state index is 12.9. The molecule has 0 aliphatic heterocycles. The number of amides is 1. The van der Waals surface area contributed by atoms with Gasteiger partial charge in [-0.05, 0) is 42.5 Å². The van der Waals surface area contributed by atoms with Crippen LogP contribution in [-0.2, 0) is 9.84 Å². The van der Waals surface area contributed by atoms with E-state index in [4.69, 9.17) is 0 Å². The van der Waals surface area contributed by atoms with E-state index in [0.717, 1.165) is 6.26 Å². The molecule has 23 heavy (non-hydrogen) atoms. The van der Waals surface area contributed by atoms with Crippen LogP contribution >= 0.6 is 11.3 Å². The lowest BCUT2D eigenvalue weighted by atomic mass is 10.2. The lowest BCUT2D eigenvalue weighted by Gasteiger charge is -2.00. The van der Waals surface area contributed by atoms with Crippen LogP contribution in [0.1, 0.15) is 10.4 Å². The molecule has 118 valence electrons. The number of nitrogens with zero attached hydrogens (tertiary/aromatic N) is 1. The fourth-order valence-electron chi connectivity index (χ4n) is 1.96. The summed E-state index contributed by atoms with van der Waals surface area (Å²) in [5, 5.41) is 2.97. The van der Waals surface area contributed by atoms with Gasteiger partial charge in [0.05, 0.1) is 15.1 Å². The quantitative estimate of drug-likeness (QED) is 0.787.